The van der Waals surface area contributed by atoms with Gasteiger partial charge in [-0.1, -0.05) is 55.3 Å². The minimum absolute atomic E-state index is 0.0130. The summed E-state index contributed by atoms with van der Waals surface area (Å²) in [7, 11) is 0. The van der Waals surface area contributed by atoms with Crippen LogP contribution in [0.1, 0.15) is 38.2 Å². The first-order chi connectivity index (χ1) is 13.7. The van der Waals surface area contributed by atoms with Gasteiger partial charge in [0.2, 0.25) is 0 Å². The van der Waals surface area contributed by atoms with Gasteiger partial charge in [-0.15, -0.1) is 0 Å². The molecule has 2 atom stereocenters. The lowest BCUT2D eigenvalue weighted by molar-refractivity contribution is 0.132. The third-order valence-electron chi connectivity index (χ3n) is 5.14. The maximum absolute atomic E-state index is 9.78. The summed E-state index contributed by atoms with van der Waals surface area (Å²) in [6, 6.07) is 10.8. The molecule has 0 spiro atoms. The molecule has 2 rings (SSSR count). The van der Waals surface area contributed by atoms with Crippen LogP contribution in [0.4, 0.5) is 0 Å². The molecule has 4 N–H and O–H groups in total. The van der Waals surface area contributed by atoms with E-state index in [4.69, 9.17) is 4.74 Å². The van der Waals surface area contributed by atoms with Crippen molar-refractivity contribution < 1.29 is 14.9 Å². The molecule has 156 valence electrons. The molecule has 28 heavy (non-hydrogen) atoms. The first-order valence-electron chi connectivity index (χ1n) is 10.4. The van der Waals surface area contributed by atoms with Crippen LogP contribution in [-0.2, 0) is 11.2 Å². The molecule has 1 aliphatic rings. The average Bonchev–Trinajstić information content (AvgIpc) is 2.75. The quantitative estimate of drug-likeness (QED) is 0.369. The van der Waals surface area contributed by atoms with Gasteiger partial charge >= 0.3 is 0 Å². The summed E-state index contributed by atoms with van der Waals surface area (Å²) in [6.45, 7) is 4.36. The van der Waals surface area contributed by atoms with E-state index < -0.39 is 5.54 Å². The van der Waals surface area contributed by atoms with Crippen LogP contribution in [0.3, 0.4) is 0 Å². The van der Waals surface area contributed by atoms with Crippen LogP contribution in [0.15, 0.2) is 54.3 Å². The Hall–Kier alpha value is -1.66. The third-order valence-corrected chi connectivity index (χ3v) is 5.14. The van der Waals surface area contributed by atoms with Crippen molar-refractivity contribution in [1.29, 1.82) is 0 Å². The molecule has 1 aromatic carbocycles. The highest BCUT2D eigenvalue weighted by molar-refractivity contribution is 5.26. The Morgan fingerprint density at radius 2 is 1.93 bits per heavy atom. The number of hydrogen-bond acceptors (Lipinski definition) is 5. The number of ether oxygens (including phenoxy) is 1. The van der Waals surface area contributed by atoms with E-state index in [1.165, 1.54) is 5.56 Å². The molecule has 0 fully saturated rings. The van der Waals surface area contributed by atoms with Crippen LogP contribution >= 0.6 is 0 Å². The molecule has 1 aromatic rings. The van der Waals surface area contributed by atoms with Gasteiger partial charge in [0.05, 0.1) is 25.4 Å². The summed E-state index contributed by atoms with van der Waals surface area (Å²) in [5.74, 6) is 0. The fraction of sp³-hybridized carbons (Fsp3) is 0.565. The van der Waals surface area contributed by atoms with E-state index in [1.54, 1.807) is 0 Å². The molecular weight excluding hydrogens is 352 g/mol. The van der Waals surface area contributed by atoms with Gasteiger partial charge in [0, 0.05) is 24.9 Å². The number of allylic oxidation sites excluding steroid dienone is 2. The summed E-state index contributed by atoms with van der Waals surface area (Å²) in [5, 5.41) is 25.8. The average molecular weight is 389 g/mol. The van der Waals surface area contributed by atoms with E-state index >= 15 is 0 Å². The zero-order chi connectivity index (χ0) is 20.1. The van der Waals surface area contributed by atoms with Crippen LogP contribution in [0.25, 0.3) is 0 Å². The molecule has 0 saturated carbocycles. The number of rotatable bonds is 14. The van der Waals surface area contributed by atoms with Gasteiger partial charge in [-0.2, -0.15) is 0 Å². The Bertz CT molecular complexity index is 603. The van der Waals surface area contributed by atoms with E-state index in [9.17, 15) is 10.2 Å². The minimum Gasteiger partial charge on any atom is -0.394 e. The zero-order valence-electron chi connectivity index (χ0n) is 17.1. The Morgan fingerprint density at radius 3 is 2.68 bits per heavy atom. The van der Waals surface area contributed by atoms with Crippen LogP contribution in [-0.4, -0.2) is 54.8 Å². The summed E-state index contributed by atoms with van der Waals surface area (Å²) in [6.07, 6.45) is 11.2. The maximum Gasteiger partial charge on any atom is 0.0914 e. The third kappa shape index (κ3) is 8.15. The topological polar surface area (TPSA) is 73.8 Å². The van der Waals surface area contributed by atoms with Crippen molar-refractivity contribution in [3.8, 4) is 0 Å². The predicted octanol–water partition coefficient (Wildman–Crippen LogP) is 2.55. The first-order valence-corrected chi connectivity index (χ1v) is 10.4. The Morgan fingerprint density at radius 1 is 1.11 bits per heavy atom. The van der Waals surface area contributed by atoms with E-state index in [2.05, 4.69) is 41.8 Å². The van der Waals surface area contributed by atoms with E-state index in [-0.39, 0.29) is 13.2 Å². The SMILES string of the molecule is CC(CCCCCOCCc1ccccc1)NCC1(CO)C=CC=C(CO)N1. The maximum atomic E-state index is 9.78. The van der Waals surface area contributed by atoms with Crippen molar-refractivity contribution in [2.24, 2.45) is 0 Å². The minimum atomic E-state index is -0.534. The van der Waals surface area contributed by atoms with Crippen molar-refractivity contribution in [3.63, 3.8) is 0 Å². The molecule has 2 unspecified atom stereocenters. The van der Waals surface area contributed by atoms with Crippen LogP contribution in [0, 0.1) is 0 Å². The van der Waals surface area contributed by atoms with E-state index in [1.807, 2.05) is 24.3 Å². The smallest absolute Gasteiger partial charge is 0.0914 e. The van der Waals surface area contributed by atoms with Gasteiger partial charge in [0.1, 0.15) is 0 Å². The molecule has 0 amide bonds. The van der Waals surface area contributed by atoms with Crippen molar-refractivity contribution in [1.82, 2.24) is 10.6 Å². The lowest BCUT2D eigenvalue weighted by atomic mass is 9.96. The highest BCUT2D eigenvalue weighted by atomic mass is 16.5. The monoisotopic (exact) mass is 388 g/mol. The molecule has 5 heteroatoms. The van der Waals surface area contributed by atoms with E-state index in [0.717, 1.165) is 51.0 Å². The lowest BCUT2D eigenvalue weighted by Crippen LogP contribution is -2.56. The lowest BCUT2D eigenvalue weighted by Gasteiger charge is -2.35. The molecule has 0 saturated heterocycles. The molecular formula is C23H36N2O3. The summed E-state index contributed by atoms with van der Waals surface area (Å²) >= 11 is 0. The molecule has 0 bridgehead atoms. The molecule has 1 heterocycles. The largest absolute Gasteiger partial charge is 0.394 e. The molecule has 5 nitrogen and oxygen atoms in total. The standard InChI is InChI=1S/C23H36N2O3/c1-20(24-18-23(19-27)14-8-12-22(17-26)25-23)9-4-3-7-15-28-16-13-21-10-5-2-6-11-21/h2,5-6,8,10-12,14,20,24-27H,3-4,7,9,13,15-19H2,1H3. The number of nitrogens with one attached hydrogen (secondary N) is 2. The number of unbranched alkanes of at least 4 members (excludes halogenated alkanes) is 2. The fourth-order valence-corrected chi connectivity index (χ4v) is 3.32. The van der Waals surface area contributed by atoms with Gasteiger partial charge in [-0.05, 0) is 37.8 Å². The highest BCUT2D eigenvalue weighted by Crippen LogP contribution is 2.14. The predicted molar refractivity (Wildman–Crippen MR) is 114 cm³/mol. The van der Waals surface area contributed by atoms with Gasteiger partial charge in [-0.3, -0.25) is 0 Å². The fourth-order valence-electron chi connectivity index (χ4n) is 3.32. The Balaban J connectivity index is 1.50. The van der Waals surface area contributed by atoms with Crippen molar-refractivity contribution in [3.05, 3.63) is 59.8 Å². The van der Waals surface area contributed by atoms with E-state index in [0.29, 0.717) is 12.6 Å². The molecule has 1 aliphatic heterocycles. The summed E-state index contributed by atoms with van der Waals surface area (Å²) in [4.78, 5) is 0. The summed E-state index contributed by atoms with van der Waals surface area (Å²) in [5.41, 5.74) is 1.53. The highest BCUT2D eigenvalue weighted by Gasteiger charge is 2.28. The number of hydrogen-bond donors (Lipinski definition) is 4. The molecule has 0 radical (unpaired) electrons. The first kappa shape index (κ1) is 22.6. The number of aliphatic hydroxyl groups excluding tert-OH is 2. The zero-order valence-corrected chi connectivity index (χ0v) is 17.1. The Kier molecular flexibility index (Phi) is 10.3. The number of benzene rings is 1. The molecule has 0 aromatic heterocycles. The van der Waals surface area contributed by atoms with Gasteiger partial charge in [-0.25, -0.2) is 0 Å². The van der Waals surface area contributed by atoms with Crippen LogP contribution in [0.2, 0.25) is 0 Å². The van der Waals surface area contributed by atoms with Crippen molar-refractivity contribution in [2.45, 2.75) is 50.6 Å². The summed E-state index contributed by atoms with van der Waals surface area (Å²) < 4.78 is 5.73. The van der Waals surface area contributed by atoms with Crippen molar-refractivity contribution >= 4 is 0 Å². The van der Waals surface area contributed by atoms with Crippen molar-refractivity contribution in [2.75, 3.05) is 33.0 Å². The second-order valence-electron chi connectivity index (χ2n) is 7.63. The number of dihydropyridines is 1. The van der Waals surface area contributed by atoms with Gasteiger partial charge in [0.15, 0.2) is 0 Å². The van der Waals surface area contributed by atoms with Crippen LogP contribution in [0.5, 0.6) is 0 Å². The Labute approximate surface area is 169 Å². The number of aliphatic hydroxyl groups is 2. The van der Waals surface area contributed by atoms with Crippen LogP contribution < -0.4 is 10.6 Å². The second-order valence-corrected chi connectivity index (χ2v) is 7.63. The van der Waals surface area contributed by atoms with Gasteiger partial charge in [0.25, 0.3) is 0 Å². The second kappa shape index (κ2) is 12.7. The van der Waals surface area contributed by atoms with Gasteiger partial charge < -0.3 is 25.6 Å². The normalized spacial score (nSPS) is 19.9. The molecule has 0 aliphatic carbocycles.